The van der Waals surface area contributed by atoms with Crippen LogP contribution in [0, 0.1) is 0 Å². The first kappa shape index (κ1) is 29.2. The van der Waals surface area contributed by atoms with Crippen LogP contribution in [0.15, 0.2) is 88.6 Å². The number of furan rings is 1. The molecule has 1 aliphatic rings. The van der Waals surface area contributed by atoms with Gasteiger partial charge in [-0.05, 0) is 67.8 Å². The second-order valence-electron chi connectivity index (χ2n) is 10.1. The Kier molecular flexibility index (Phi) is 9.76. The Morgan fingerprint density at radius 1 is 1.02 bits per heavy atom. The molecule has 42 heavy (non-hydrogen) atoms. The zero-order valence-electron chi connectivity index (χ0n) is 23.9. The lowest BCUT2D eigenvalue weighted by Gasteiger charge is -2.39. The number of hydrogen-bond acceptors (Lipinski definition) is 7. The zero-order valence-corrected chi connectivity index (χ0v) is 24.7. The van der Waals surface area contributed by atoms with E-state index in [2.05, 4.69) is 10.2 Å². The molecule has 1 saturated heterocycles. The van der Waals surface area contributed by atoms with E-state index >= 15 is 0 Å². The van der Waals surface area contributed by atoms with Gasteiger partial charge in [0.15, 0.2) is 10.9 Å². The number of hydrogen-bond donors (Lipinski definition) is 0. The van der Waals surface area contributed by atoms with Crippen LogP contribution in [-0.4, -0.2) is 74.9 Å². The van der Waals surface area contributed by atoms with Crippen molar-refractivity contribution in [3.63, 3.8) is 0 Å². The van der Waals surface area contributed by atoms with Gasteiger partial charge in [0.25, 0.3) is 0 Å². The lowest BCUT2D eigenvalue weighted by molar-refractivity contribution is -0.139. The maximum atomic E-state index is 12.9. The SMILES string of the molecule is COc1ccc(-n2c(SCCCCC(=O)N3CCN(C(=O)C=Cc4ccccc4)C(C)C3)nnc2-c2ccco2)cc1. The number of piperazine rings is 1. The number of unbranched alkanes of at least 4 members (excludes halogenated alkanes) is 1. The third kappa shape index (κ3) is 7.12. The summed E-state index contributed by atoms with van der Waals surface area (Å²) in [6.07, 6.45) is 7.20. The van der Waals surface area contributed by atoms with Crippen molar-refractivity contribution in [3.8, 4) is 23.0 Å². The van der Waals surface area contributed by atoms with Crippen molar-refractivity contribution in [1.82, 2.24) is 24.6 Å². The molecule has 0 bridgehead atoms. The van der Waals surface area contributed by atoms with Gasteiger partial charge < -0.3 is 19.0 Å². The highest BCUT2D eigenvalue weighted by atomic mass is 32.2. The normalized spacial score (nSPS) is 15.3. The highest BCUT2D eigenvalue weighted by molar-refractivity contribution is 7.99. The van der Waals surface area contributed by atoms with E-state index in [1.165, 1.54) is 0 Å². The van der Waals surface area contributed by atoms with Crippen LogP contribution in [0.5, 0.6) is 5.75 Å². The highest BCUT2D eigenvalue weighted by Gasteiger charge is 2.28. The molecule has 9 nitrogen and oxygen atoms in total. The van der Waals surface area contributed by atoms with Crippen molar-refractivity contribution in [2.24, 2.45) is 0 Å². The Hall–Kier alpha value is -4.31. The summed E-state index contributed by atoms with van der Waals surface area (Å²) < 4.78 is 12.9. The summed E-state index contributed by atoms with van der Waals surface area (Å²) in [5.74, 6) is 2.96. The van der Waals surface area contributed by atoms with Crippen molar-refractivity contribution in [2.45, 2.75) is 37.4 Å². The summed E-state index contributed by atoms with van der Waals surface area (Å²) in [6.45, 7) is 3.66. The fraction of sp³-hybridized carbons (Fsp3) is 0.312. The number of thioether (sulfide) groups is 1. The van der Waals surface area contributed by atoms with Crippen molar-refractivity contribution in [1.29, 1.82) is 0 Å². The molecule has 2 aromatic heterocycles. The minimum atomic E-state index is -0.0288. The summed E-state index contributed by atoms with van der Waals surface area (Å²) in [5, 5.41) is 9.58. The van der Waals surface area contributed by atoms with Crippen LogP contribution in [0.25, 0.3) is 23.3 Å². The van der Waals surface area contributed by atoms with Gasteiger partial charge >= 0.3 is 0 Å². The molecule has 2 amide bonds. The van der Waals surface area contributed by atoms with Crippen molar-refractivity contribution in [3.05, 3.63) is 84.6 Å². The molecule has 1 aliphatic heterocycles. The van der Waals surface area contributed by atoms with E-state index in [9.17, 15) is 9.59 Å². The number of amides is 2. The van der Waals surface area contributed by atoms with E-state index in [1.54, 1.807) is 31.2 Å². The Morgan fingerprint density at radius 2 is 1.83 bits per heavy atom. The van der Waals surface area contributed by atoms with Gasteiger partial charge in [-0.1, -0.05) is 42.1 Å². The molecule has 0 spiro atoms. The van der Waals surface area contributed by atoms with Gasteiger partial charge in [0.2, 0.25) is 17.6 Å². The quantitative estimate of drug-likeness (QED) is 0.129. The van der Waals surface area contributed by atoms with E-state index in [-0.39, 0.29) is 17.9 Å². The zero-order chi connectivity index (χ0) is 29.3. The van der Waals surface area contributed by atoms with Crippen LogP contribution in [0.4, 0.5) is 0 Å². The molecule has 5 rings (SSSR count). The van der Waals surface area contributed by atoms with E-state index in [4.69, 9.17) is 9.15 Å². The first-order valence-corrected chi connectivity index (χ1v) is 15.1. The van der Waals surface area contributed by atoms with Gasteiger partial charge in [0, 0.05) is 43.9 Å². The third-order valence-electron chi connectivity index (χ3n) is 7.20. The number of carbonyl (C=O) groups excluding carboxylic acids is 2. The lowest BCUT2D eigenvalue weighted by atomic mass is 10.1. The average Bonchev–Trinajstić information content (AvgIpc) is 3.70. The van der Waals surface area contributed by atoms with Crippen LogP contribution in [0.3, 0.4) is 0 Å². The predicted octanol–water partition coefficient (Wildman–Crippen LogP) is 5.57. The number of benzene rings is 2. The Morgan fingerprint density at radius 3 is 2.55 bits per heavy atom. The molecule has 1 fully saturated rings. The van der Waals surface area contributed by atoms with Crippen molar-refractivity contribution < 1.29 is 18.7 Å². The summed E-state index contributed by atoms with van der Waals surface area (Å²) in [5.41, 5.74) is 1.90. The van der Waals surface area contributed by atoms with Gasteiger partial charge in [0.05, 0.1) is 19.1 Å². The molecule has 0 aliphatic carbocycles. The van der Waals surface area contributed by atoms with Crippen LogP contribution in [-0.2, 0) is 9.59 Å². The minimum Gasteiger partial charge on any atom is -0.497 e. The molecule has 4 aromatic rings. The van der Waals surface area contributed by atoms with Crippen LogP contribution in [0.1, 0.15) is 31.7 Å². The second kappa shape index (κ2) is 14.0. The standard InChI is InChI=1S/C32H35N5O4S/c1-24-23-35(19-20-36(24)30(39)18-13-25-9-4-3-5-10-25)29(38)12-6-7-22-42-32-34-33-31(28-11-8-21-41-28)37(32)26-14-16-27(40-2)17-15-26/h3-5,8-11,13-18,21,24H,6-7,12,19-20,22-23H2,1-2H3. The molecular weight excluding hydrogens is 550 g/mol. The first-order chi connectivity index (χ1) is 20.5. The molecule has 0 N–H and O–H groups in total. The Bertz CT molecular complexity index is 1490. The largest absolute Gasteiger partial charge is 0.497 e. The van der Waals surface area contributed by atoms with E-state index in [0.29, 0.717) is 37.6 Å². The van der Waals surface area contributed by atoms with E-state index < -0.39 is 0 Å². The molecule has 1 unspecified atom stereocenters. The van der Waals surface area contributed by atoms with Crippen LogP contribution in [0.2, 0.25) is 0 Å². The number of methoxy groups -OCH3 is 1. The van der Waals surface area contributed by atoms with E-state index in [0.717, 1.165) is 40.8 Å². The summed E-state index contributed by atoms with van der Waals surface area (Å²) in [4.78, 5) is 29.4. The van der Waals surface area contributed by atoms with Crippen molar-refractivity contribution >= 4 is 29.7 Å². The van der Waals surface area contributed by atoms with Gasteiger partial charge in [-0.3, -0.25) is 14.2 Å². The lowest BCUT2D eigenvalue weighted by Crippen LogP contribution is -2.55. The van der Waals surface area contributed by atoms with Gasteiger partial charge in [-0.25, -0.2) is 0 Å². The van der Waals surface area contributed by atoms with Gasteiger partial charge in [-0.15, -0.1) is 10.2 Å². The number of ether oxygens (including phenoxy) is 1. The third-order valence-corrected chi connectivity index (χ3v) is 8.22. The molecule has 0 saturated carbocycles. The second-order valence-corrected chi connectivity index (χ2v) is 11.1. The van der Waals surface area contributed by atoms with Gasteiger partial charge in [-0.2, -0.15) is 0 Å². The van der Waals surface area contributed by atoms with Crippen LogP contribution < -0.4 is 4.74 Å². The molecule has 2 aromatic carbocycles. The Balaban J connectivity index is 1.10. The minimum absolute atomic E-state index is 0.0202. The smallest absolute Gasteiger partial charge is 0.246 e. The fourth-order valence-electron chi connectivity index (χ4n) is 4.93. The predicted molar refractivity (Wildman–Crippen MR) is 163 cm³/mol. The number of nitrogens with zero attached hydrogens (tertiary/aromatic N) is 5. The molecule has 1 atom stereocenters. The molecule has 10 heteroatoms. The van der Waals surface area contributed by atoms with Crippen LogP contribution >= 0.6 is 11.8 Å². The number of rotatable bonds is 11. The molecule has 218 valence electrons. The monoisotopic (exact) mass is 585 g/mol. The molecular formula is C32H35N5O4S. The molecule has 0 radical (unpaired) electrons. The summed E-state index contributed by atoms with van der Waals surface area (Å²) >= 11 is 1.60. The topological polar surface area (TPSA) is 93.7 Å². The summed E-state index contributed by atoms with van der Waals surface area (Å²) in [7, 11) is 1.64. The van der Waals surface area contributed by atoms with E-state index in [1.807, 2.05) is 94.1 Å². The first-order valence-electron chi connectivity index (χ1n) is 14.1. The maximum absolute atomic E-state index is 12.9. The van der Waals surface area contributed by atoms with Crippen molar-refractivity contribution in [2.75, 3.05) is 32.5 Å². The highest BCUT2D eigenvalue weighted by Crippen LogP contribution is 2.29. The molecule has 3 heterocycles. The summed E-state index contributed by atoms with van der Waals surface area (Å²) in [6, 6.07) is 21.2. The fourth-order valence-corrected chi connectivity index (χ4v) is 5.88. The Labute approximate surface area is 250 Å². The number of carbonyl (C=O) groups is 2. The number of aromatic nitrogens is 3. The van der Waals surface area contributed by atoms with Gasteiger partial charge in [0.1, 0.15) is 5.75 Å². The maximum Gasteiger partial charge on any atom is 0.246 e. The average molecular weight is 586 g/mol.